The summed E-state index contributed by atoms with van der Waals surface area (Å²) in [4.78, 5) is 25.1. The Morgan fingerprint density at radius 3 is 2.44 bits per heavy atom. The molecule has 0 unspecified atom stereocenters. The molecule has 0 atom stereocenters. The Bertz CT molecular complexity index is 1370. The summed E-state index contributed by atoms with van der Waals surface area (Å²) in [7, 11) is 0. The minimum Gasteiger partial charge on any atom is -0.377 e. The van der Waals surface area contributed by atoms with Gasteiger partial charge in [0.1, 0.15) is 12.4 Å². The van der Waals surface area contributed by atoms with Gasteiger partial charge in [-0.3, -0.25) is 9.78 Å². The fourth-order valence-electron chi connectivity index (χ4n) is 5.59. The Balaban J connectivity index is 1.19. The van der Waals surface area contributed by atoms with E-state index in [9.17, 15) is 4.79 Å². The number of halogens is 1. The van der Waals surface area contributed by atoms with E-state index in [2.05, 4.69) is 20.8 Å². The number of imidazole rings is 1. The summed E-state index contributed by atoms with van der Waals surface area (Å²) in [6.45, 7) is 6.15. The van der Waals surface area contributed by atoms with Crippen LogP contribution in [0.1, 0.15) is 24.2 Å². The van der Waals surface area contributed by atoms with Gasteiger partial charge in [-0.15, -0.1) is 6.42 Å². The van der Waals surface area contributed by atoms with E-state index in [-0.39, 0.29) is 5.91 Å². The molecule has 0 aliphatic carbocycles. The van der Waals surface area contributed by atoms with Gasteiger partial charge in [-0.25, -0.2) is 4.98 Å². The smallest absolute Gasteiger partial charge is 0.238 e. The van der Waals surface area contributed by atoms with Crippen molar-refractivity contribution in [3.63, 3.8) is 0 Å². The van der Waals surface area contributed by atoms with E-state index in [0.717, 1.165) is 54.0 Å². The molecule has 0 radical (unpaired) electrons. The van der Waals surface area contributed by atoms with Crippen molar-refractivity contribution >= 4 is 34.2 Å². The van der Waals surface area contributed by atoms with Crippen LogP contribution < -0.4 is 10.2 Å². The number of rotatable bonds is 15. The van der Waals surface area contributed by atoms with Gasteiger partial charge < -0.3 is 33.7 Å². The molecule has 1 fully saturated rings. The van der Waals surface area contributed by atoms with Crippen LogP contribution in [-0.4, -0.2) is 86.4 Å². The molecule has 0 saturated carbocycles. The highest BCUT2D eigenvalue weighted by atomic mass is 35.5. The fraction of sp³-hybridized carbons (Fsp3) is 0.500. The van der Waals surface area contributed by atoms with Crippen LogP contribution in [0.15, 0.2) is 36.7 Å². The highest BCUT2D eigenvalue weighted by Crippen LogP contribution is 2.47. The summed E-state index contributed by atoms with van der Waals surface area (Å²) in [5.74, 6) is 3.31. The third kappa shape index (κ3) is 6.72. The maximum Gasteiger partial charge on any atom is 0.238 e. The first kappa shape index (κ1) is 29.5. The van der Waals surface area contributed by atoms with E-state index in [1.807, 2.05) is 29.2 Å². The number of hydrogen-bond donors (Lipinski definition) is 1. The van der Waals surface area contributed by atoms with Crippen molar-refractivity contribution in [2.75, 3.05) is 70.8 Å². The lowest BCUT2D eigenvalue weighted by atomic mass is 9.74. The third-order valence-electron chi connectivity index (χ3n) is 7.57. The molecule has 41 heavy (non-hydrogen) atoms. The van der Waals surface area contributed by atoms with E-state index >= 15 is 0 Å². The standard InChI is InChI=1S/C30H36ClN5O5/c1-2-12-38-14-16-40-18-19-41-17-15-39-13-11-35-26-4-3-23(31)20-25(26)34-28(35)22-36-27-21-33-8-5-24(27)30(29(36)37)6-9-32-10-7-30/h1,3-5,8,20-21,32H,6-7,9-19,22H2. The summed E-state index contributed by atoms with van der Waals surface area (Å²) in [5.41, 5.74) is 3.16. The van der Waals surface area contributed by atoms with Crippen molar-refractivity contribution in [3.05, 3.63) is 53.1 Å². The Morgan fingerprint density at radius 2 is 1.71 bits per heavy atom. The first-order chi connectivity index (χ1) is 20.1. The molecule has 218 valence electrons. The first-order valence-corrected chi connectivity index (χ1v) is 14.4. The average molecular weight is 582 g/mol. The van der Waals surface area contributed by atoms with E-state index in [0.29, 0.717) is 71.0 Å². The van der Waals surface area contributed by atoms with Gasteiger partial charge in [0, 0.05) is 17.8 Å². The molecular weight excluding hydrogens is 546 g/mol. The predicted molar refractivity (Wildman–Crippen MR) is 156 cm³/mol. The second-order valence-corrected chi connectivity index (χ2v) is 10.5. The predicted octanol–water partition coefficient (Wildman–Crippen LogP) is 2.95. The normalized spacial score (nSPS) is 16.0. The SMILES string of the molecule is C#CCOCCOCCOCCOCCn1c(CN2C(=O)C3(CCNCC3)c3ccncc32)nc2cc(Cl)ccc21. The van der Waals surface area contributed by atoms with Gasteiger partial charge in [-0.2, -0.15) is 0 Å². The van der Waals surface area contributed by atoms with Gasteiger partial charge in [-0.1, -0.05) is 17.5 Å². The maximum atomic E-state index is 14.0. The van der Waals surface area contributed by atoms with Gasteiger partial charge >= 0.3 is 0 Å². The van der Waals surface area contributed by atoms with Gasteiger partial charge in [-0.05, 0) is 55.8 Å². The number of ether oxygens (including phenoxy) is 4. The van der Waals surface area contributed by atoms with E-state index < -0.39 is 5.41 Å². The molecule has 4 heterocycles. The van der Waals surface area contributed by atoms with Crippen LogP contribution in [-0.2, 0) is 42.2 Å². The fourth-order valence-corrected chi connectivity index (χ4v) is 5.76. The van der Waals surface area contributed by atoms with Crippen molar-refractivity contribution in [2.24, 2.45) is 0 Å². The van der Waals surface area contributed by atoms with Crippen LogP contribution in [0.2, 0.25) is 5.02 Å². The number of fused-ring (bicyclic) bond motifs is 3. The number of terminal acetylenes is 1. The average Bonchev–Trinajstić information content (AvgIpc) is 3.43. The summed E-state index contributed by atoms with van der Waals surface area (Å²) < 4.78 is 24.1. The molecule has 2 aliphatic heterocycles. The number of nitrogens with zero attached hydrogens (tertiary/aromatic N) is 4. The zero-order chi connectivity index (χ0) is 28.5. The molecular formula is C30H36ClN5O5. The summed E-state index contributed by atoms with van der Waals surface area (Å²) >= 11 is 6.28. The van der Waals surface area contributed by atoms with Crippen LogP contribution >= 0.6 is 11.6 Å². The zero-order valence-electron chi connectivity index (χ0n) is 23.1. The number of piperidine rings is 1. The molecule has 1 amide bonds. The highest BCUT2D eigenvalue weighted by Gasteiger charge is 2.51. The molecule has 1 aromatic carbocycles. The summed E-state index contributed by atoms with van der Waals surface area (Å²) in [6.07, 6.45) is 10.3. The largest absolute Gasteiger partial charge is 0.377 e. The molecule has 1 spiro atoms. The van der Waals surface area contributed by atoms with E-state index in [1.165, 1.54) is 0 Å². The van der Waals surface area contributed by atoms with Crippen LogP contribution in [0.4, 0.5) is 5.69 Å². The number of aromatic nitrogens is 3. The first-order valence-electron chi connectivity index (χ1n) is 14.0. The lowest BCUT2D eigenvalue weighted by molar-refractivity contribution is -0.124. The Morgan fingerprint density at radius 1 is 1.00 bits per heavy atom. The second kappa shape index (κ2) is 14.2. The van der Waals surface area contributed by atoms with Gasteiger partial charge in [0.2, 0.25) is 5.91 Å². The topological polar surface area (TPSA) is 100.0 Å². The molecule has 2 aromatic heterocycles. The Hall–Kier alpha value is -3.04. The van der Waals surface area contributed by atoms with Crippen LogP contribution in [0.5, 0.6) is 0 Å². The third-order valence-corrected chi connectivity index (χ3v) is 7.80. The molecule has 0 bridgehead atoms. The minimum atomic E-state index is -0.506. The molecule has 1 saturated heterocycles. The number of hydrogen-bond acceptors (Lipinski definition) is 8. The number of anilines is 1. The molecule has 3 aromatic rings. The molecule has 11 heteroatoms. The van der Waals surface area contributed by atoms with Crippen molar-refractivity contribution in [2.45, 2.75) is 31.3 Å². The number of nitrogens with one attached hydrogen (secondary N) is 1. The minimum absolute atomic E-state index is 0.121. The van der Waals surface area contributed by atoms with Crippen molar-refractivity contribution in [1.82, 2.24) is 19.9 Å². The molecule has 2 aliphatic rings. The number of carbonyl (C=O) groups is 1. The maximum absolute atomic E-state index is 14.0. The zero-order valence-corrected chi connectivity index (χ0v) is 23.9. The monoisotopic (exact) mass is 581 g/mol. The number of amides is 1. The Labute approximate surface area is 245 Å². The lowest BCUT2D eigenvalue weighted by Crippen LogP contribution is -2.47. The quantitative estimate of drug-likeness (QED) is 0.216. The summed E-state index contributed by atoms with van der Waals surface area (Å²) in [6, 6.07) is 7.67. The lowest BCUT2D eigenvalue weighted by Gasteiger charge is -2.33. The Kier molecular flexibility index (Phi) is 10.2. The van der Waals surface area contributed by atoms with E-state index in [1.54, 1.807) is 12.4 Å². The van der Waals surface area contributed by atoms with Crippen LogP contribution in [0, 0.1) is 12.3 Å². The number of carbonyl (C=O) groups excluding carboxylic acids is 1. The van der Waals surface area contributed by atoms with Crippen molar-refractivity contribution in [1.29, 1.82) is 0 Å². The van der Waals surface area contributed by atoms with Crippen LogP contribution in [0.3, 0.4) is 0 Å². The van der Waals surface area contributed by atoms with Crippen molar-refractivity contribution < 1.29 is 23.7 Å². The number of pyridine rings is 1. The molecule has 1 N–H and O–H groups in total. The van der Waals surface area contributed by atoms with Gasteiger partial charge in [0.25, 0.3) is 0 Å². The van der Waals surface area contributed by atoms with Gasteiger partial charge in [0.05, 0.1) is 81.1 Å². The van der Waals surface area contributed by atoms with Gasteiger partial charge in [0.15, 0.2) is 0 Å². The highest BCUT2D eigenvalue weighted by molar-refractivity contribution is 6.31. The second-order valence-electron chi connectivity index (χ2n) is 10.0. The molecule has 10 nitrogen and oxygen atoms in total. The van der Waals surface area contributed by atoms with E-state index in [4.69, 9.17) is 42.0 Å². The van der Waals surface area contributed by atoms with Crippen molar-refractivity contribution in [3.8, 4) is 12.3 Å². The summed E-state index contributed by atoms with van der Waals surface area (Å²) in [5, 5.41) is 4.01. The van der Waals surface area contributed by atoms with Crippen LogP contribution in [0.25, 0.3) is 11.0 Å². The number of benzene rings is 1. The molecule has 5 rings (SSSR count).